The quantitative estimate of drug-likeness (QED) is 0.527. The van der Waals surface area contributed by atoms with Crippen LogP contribution in [0.2, 0.25) is 0 Å². The molecule has 10 heteroatoms. The highest BCUT2D eigenvalue weighted by molar-refractivity contribution is 7.92. The van der Waals surface area contributed by atoms with Crippen molar-refractivity contribution in [2.24, 2.45) is 0 Å². The summed E-state index contributed by atoms with van der Waals surface area (Å²) in [6.45, 7) is 6.54. The van der Waals surface area contributed by atoms with Gasteiger partial charge in [0.1, 0.15) is 0 Å². The third kappa shape index (κ3) is 6.17. The van der Waals surface area contributed by atoms with Crippen LogP contribution >= 0.6 is 11.3 Å². The van der Waals surface area contributed by atoms with E-state index in [4.69, 9.17) is 4.74 Å². The predicted molar refractivity (Wildman–Crippen MR) is 129 cm³/mol. The Morgan fingerprint density at radius 1 is 1.09 bits per heavy atom. The fraction of sp³-hybridized carbons (Fsp3) is 0.304. The Morgan fingerprint density at radius 2 is 1.76 bits per heavy atom. The number of thiazole rings is 1. The van der Waals surface area contributed by atoms with Gasteiger partial charge in [-0.05, 0) is 50.2 Å². The zero-order chi connectivity index (χ0) is 23.4. The summed E-state index contributed by atoms with van der Waals surface area (Å²) in [5, 5.41) is 5.29. The maximum atomic E-state index is 12.6. The highest BCUT2D eigenvalue weighted by Crippen LogP contribution is 2.21. The van der Waals surface area contributed by atoms with Crippen molar-refractivity contribution in [1.29, 1.82) is 0 Å². The first-order valence-corrected chi connectivity index (χ1v) is 13.0. The Morgan fingerprint density at radius 3 is 2.42 bits per heavy atom. The molecule has 1 amide bonds. The number of hydrogen-bond donors (Lipinski definition) is 2. The Kier molecular flexibility index (Phi) is 7.08. The van der Waals surface area contributed by atoms with E-state index < -0.39 is 10.0 Å². The third-order valence-corrected chi connectivity index (χ3v) is 7.31. The number of morpholine rings is 1. The van der Waals surface area contributed by atoms with Crippen LogP contribution < -0.4 is 10.0 Å². The van der Waals surface area contributed by atoms with Gasteiger partial charge in [0.15, 0.2) is 5.13 Å². The first-order chi connectivity index (χ1) is 15.8. The molecule has 0 bridgehead atoms. The lowest BCUT2D eigenvalue weighted by Crippen LogP contribution is -2.44. The number of carbonyl (C=O) groups excluding carboxylic acids is 1. The van der Waals surface area contributed by atoms with E-state index in [0.717, 1.165) is 18.8 Å². The average molecular weight is 487 g/mol. The number of carbonyl (C=O) groups is 1. The number of amides is 1. The monoisotopic (exact) mass is 486 g/mol. The fourth-order valence-electron chi connectivity index (χ4n) is 3.75. The normalized spacial score (nSPS) is 19.2. The van der Waals surface area contributed by atoms with Crippen molar-refractivity contribution in [3.63, 3.8) is 0 Å². The van der Waals surface area contributed by atoms with Crippen molar-refractivity contribution in [3.05, 3.63) is 71.2 Å². The van der Waals surface area contributed by atoms with Crippen molar-refractivity contribution in [2.75, 3.05) is 23.1 Å². The summed E-state index contributed by atoms with van der Waals surface area (Å²) in [7, 11) is -3.68. The van der Waals surface area contributed by atoms with Crippen LogP contribution in [0.25, 0.3) is 0 Å². The van der Waals surface area contributed by atoms with E-state index in [9.17, 15) is 13.2 Å². The Hall–Kier alpha value is -2.79. The molecule has 3 aromatic rings. The van der Waals surface area contributed by atoms with E-state index >= 15 is 0 Å². The molecule has 1 aromatic heterocycles. The number of nitrogens with zero attached hydrogens (tertiary/aromatic N) is 2. The van der Waals surface area contributed by atoms with Crippen molar-refractivity contribution in [1.82, 2.24) is 9.88 Å². The Labute approximate surface area is 197 Å². The largest absolute Gasteiger partial charge is 0.373 e. The van der Waals surface area contributed by atoms with E-state index in [1.54, 1.807) is 42.5 Å². The number of ether oxygens (including phenoxy) is 1. The number of hydrogen-bond acceptors (Lipinski definition) is 7. The van der Waals surface area contributed by atoms with E-state index in [2.05, 4.69) is 33.8 Å². The van der Waals surface area contributed by atoms with Gasteiger partial charge < -0.3 is 4.74 Å². The summed E-state index contributed by atoms with van der Waals surface area (Å²) in [5.41, 5.74) is 1.69. The summed E-state index contributed by atoms with van der Waals surface area (Å²) in [6, 6.07) is 14.4. The zero-order valence-corrected chi connectivity index (χ0v) is 20.0. The molecule has 0 radical (unpaired) electrons. The van der Waals surface area contributed by atoms with Gasteiger partial charge in [0.05, 0.1) is 22.8 Å². The molecule has 1 saturated heterocycles. The first-order valence-electron chi connectivity index (χ1n) is 10.6. The molecular formula is C23H26N4O4S2. The maximum Gasteiger partial charge on any atom is 0.261 e. The van der Waals surface area contributed by atoms with E-state index in [-0.39, 0.29) is 23.0 Å². The van der Waals surface area contributed by atoms with Crippen molar-refractivity contribution in [2.45, 2.75) is 37.5 Å². The Bertz CT molecular complexity index is 1190. The minimum Gasteiger partial charge on any atom is -0.373 e. The fourth-order valence-corrected chi connectivity index (χ4v) is 5.53. The second kappa shape index (κ2) is 10.0. The summed E-state index contributed by atoms with van der Waals surface area (Å²) in [4.78, 5) is 19.6. The smallest absolute Gasteiger partial charge is 0.261 e. The molecule has 0 aliphatic carbocycles. The molecule has 0 spiro atoms. The number of rotatable bonds is 7. The van der Waals surface area contributed by atoms with Crippen LogP contribution in [0.15, 0.2) is 64.9 Å². The number of sulfonamides is 1. The number of anilines is 2. The van der Waals surface area contributed by atoms with E-state index in [0.29, 0.717) is 22.9 Å². The standard InChI is InChI=1S/C23H26N4O4S2/c1-16-12-27(13-17(2)31-16)14-20-15-32-23(24-20)25-22(28)18-8-10-19(11-9-18)26-33(29,30)21-6-4-3-5-7-21/h3-11,15-17,26H,12-14H2,1-2H3,(H,24,25,28)/t16-,17-/m0/s1. The Balaban J connectivity index is 1.35. The minimum atomic E-state index is -3.68. The predicted octanol–water partition coefficient (Wildman–Crippen LogP) is 3.81. The summed E-state index contributed by atoms with van der Waals surface area (Å²) >= 11 is 1.38. The lowest BCUT2D eigenvalue weighted by molar-refractivity contribution is -0.0707. The van der Waals surface area contributed by atoms with Gasteiger partial charge in [-0.15, -0.1) is 11.3 Å². The molecule has 1 aliphatic rings. The second-order valence-electron chi connectivity index (χ2n) is 8.05. The molecule has 8 nitrogen and oxygen atoms in total. The lowest BCUT2D eigenvalue weighted by atomic mass is 10.2. The lowest BCUT2D eigenvalue weighted by Gasteiger charge is -2.34. The summed E-state index contributed by atoms with van der Waals surface area (Å²) < 4.78 is 33.1. The van der Waals surface area contributed by atoms with Crippen LogP contribution in [0.3, 0.4) is 0 Å². The highest BCUT2D eigenvalue weighted by atomic mass is 32.2. The van der Waals surface area contributed by atoms with Gasteiger partial charge in [0.2, 0.25) is 0 Å². The van der Waals surface area contributed by atoms with Gasteiger partial charge in [-0.1, -0.05) is 18.2 Å². The molecule has 4 rings (SSSR count). The van der Waals surface area contributed by atoms with Gasteiger partial charge in [-0.25, -0.2) is 13.4 Å². The first kappa shape index (κ1) is 23.4. The van der Waals surface area contributed by atoms with Gasteiger partial charge in [0, 0.05) is 36.3 Å². The van der Waals surface area contributed by atoms with Gasteiger partial charge >= 0.3 is 0 Å². The maximum absolute atomic E-state index is 12.6. The molecule has 2 aromatic carbocycles. The van der Waals surface area contributed by atoms with Crippen LogP contribution in [0.4, 0.5) is 10.8 Å². The summed E-state index contributed by atoms with van der Waals surface area (Å²) in [6.07, 6.45) is 0.374. The number of nitrogens with one attached hydrogen (secondary N) is 2. The van der Waals surface area contributed by atoms with Crippen LogP contribution in [0.1, 0.15) is 29.9 Å². The summed E-state index contributed by atoms with van der Waals surface area (Å²) in [5.74, 6) is -0.304. The van der Waals surface area contributed by atoms with Gasteiger partial charge in [-0.2, -0.15) is 0 Å². The highest BCUT2D eigenvalue weighted by Gasteiger charge is 2.23. The number of aromatic nitrogens is 1. The molecule has 0 saturated carbocycles. The average Bonchev–Trinajstić information content (AvgIpc) is 3.20. The van der Waals surface area contributed by atoms with Crippen molar-refractivity contribution in [3.8, 4) is 0 Å². The van der Waals surface area contributed by atoms with Gasteiger partial charge in [-0.3, -0.25) is 19.7 Å². The minimum absolute atomic E-state index is 0.174. The van der Waals surface area contributed by atoms with Crippen LogP contribution in [-0.2, 0) is 21.3 Å². The van der Waals surface area contributed by atoms with Crippen LogP contribution in [0, 0.1) is 0 Å². The molecule has 1 aliphatic heterocycles. The molecule has 2 N–H and O–H groups in total. The topological polar surface area (TPSA) is 101 Å². The molecule has 33 heavy (non-hydrogen) atoms. The van der Waals surface area contributed by atoms with Crippen molar-refractivity contribution < 1.29 is 17.9 Å². The van der Waals surface area contributed by atoms with Crippen LogP contribution in [-0.4, -0.2) is 49.5 Å². The van der Waals surface area contributed by atoms with E-state index in [1.807, 2.05) is 5.38 Å². The van der Waals surface area contributed by atoms with Gasteiger partial charge in [0.25, 0.3) is 15.9 Å². The molecular weight excluding hydrogens is 460 g/mol. The molecule has 174 valence electrons. The SMILES string of the molecule is C[C@H]1CN(Cc2csc(NC(=O)c3ccc(NS(=O)(=O)c4ccccc4)cc3)n2)C[C@H](C)O1. The second-order valence-corrected chi connectivity index (χ2v) is 10.6. The molecule has 1 fully saturated rings. The van der Waals surface area contributed by atoms with Crippen LogP contribution in [0.5, 0.6) is 0 Å². The molecule has 0 unspecified atom stereocenters. The molecule has 2 heterocycles. The molecule has 2 atom stereocenters. The number of benzene rings is 2. The third-order valence-electron chi connectivity index (χ3n) is 5.11. The zero-order valence-electron chi connectivity index (χ0n) is 18.4. The van der Waals surface area contributed by atoms with E-state index in [1.165, 1.54) is 23.5 Å². The van der Waals surface area contributed by atoms with Crippen molar-refractivity contribution >= 4 is 38.1 Å².